The maximum atomic E-state index is 11.4. The third-order valence-corrected chi connectivity index (χ3v) is 2.59. The minimum atomic E-state index is -0.762. The van der Waals surface area contributed by atoms with E-state index in [4.69, 9.17) is 5.73 Å². The molecule has 0 aromatic carbocycles. The van der Waals surface area contributed by atoms with Crippen LogP contribution in [-0.4, -0.2) is 33.5 Å². The van der Waals surface area contributed by atoms with E-state index in [1.54, 1.807) is 0 Å². The number of amides is 1. The van der Waals surface area contributed by atoms with Gasteiger partial charge in [-0.2, -0.15) is 0 Å². The monoisotopic (exact) mass is 212 g/mol. The van der Waals surface area contributed by atoms with E-state index in [2.05, 4.69) is 20.3 Å². The van der Waals surface area contributed by atoms with Gasteiger partial charge in [0.15, 0.2) is 0 Å². The van der Waals surface area contributed by atoms with Crippen molar-refractivity contribution in [2.45, 2.75) is 24.9 Å². The van der Waals surface area contributed by atoms with Gasteiger partial charge in [0.25, 0.3) is 5.91 Å². The Morgan fingerprint density at radius 3 is 2.80 bits per heavy atom. The SMILES string of the molecule is Nc1nonc1C(=O)NCC1(O)CCC1. The highest BCUT2D eigenvalue weighted by atomic mass is 16.6. The number of rotatable bonds is 3. The van der Waals surface area contributed by atoms with Crippen LogP contribution in [0, 0.1) is 0 Å². The van der Waals surface area contributed by atoms with E-state index in [0.717, 1.165) is 6.42 Å². The van der Waals surface area contributed by atoms with Crippen LogP contribution < -0.4 is 11.1 Å². The van der Waals surface area contributed by atoms with Crippen LogP contribution in [0.25, 0.3) is 0 Å². The lowest BCUT2D eigenvalue weighted by Crippen LogP contribution is -2.47. The van der Waals surface area contributed by atoms with Gasteiger partial charge >= 0.3 is 0 Å². The van der Waals surface area contributed by atoms with Crippen LogP contribution in [0.1, 0.15) is 29.8 Å². The number of nitrogens with two attached hydrogens (primary N) is 1. The van der Waals surface area contributed by atoms with Crippen molar-refractivity contribution in [3.05, 3.63) is 5.69 Å². The lowest BCUT2D eigenvalue weighted by atomic mass is 9.80. The molecule has 1 fully saturated rings. The number of carbonyl (C=O) groups excluding carboxylic acids is 1. The third-order valence-electron chi connectivity index (χ3n) is 2.59. The Morgan fingerprint density at radius 2 is 2.33 bits per heavy atom. The van der Waals surface area contributed by atoms with Crippen LogP contribution in [0.5, 0.6) is 0 Å². The summed E-state index contributed by atoms with van der Waals surface area (Å²) >= 11 is 0. The maximum absolute atomic E-state index is 11.4. The highest BCUT2D eigenvalue weighted by Crippen LogP contribution is 2.30. The zero-order valence-corrected chi connectivity index (χ0v) is 8.06. The molecule has 1 aromatic heterocycles. The number of carbonyl (C=O) groups is 1. The van der Waals surface area contributed by atoms with Crippen molar-refractivity contribution < 1.29 is 14.5 Å². The van der Waals surface area contributed by atoms with Crippen molar-refractivity contribution >= 4 is 11.7 Å². The van der Waals surface area contributed by atoms with Crippen molar-refractivity contribution in [3.8, 4) is 0 Å². The summed E-state index contributed by atoms with van der Waals surface area (Å²) in [6.07, 6.45) is 2.40. The number of aliphatic hydroxyl groups is 1. The van der Waals surface area contributed by atoms with Crippen LogP contribution in [0.4, 0.5) is 5.82 Å². The molecule has 0 radical (unpaired) electrons. The molecule has 1 aliphatic rings. The Balaban J connectivity index is 1.90. The van der Waals surface area contributed by atoms with Crippen molar-refractivity contribution in [1.29, 1.82) is 0 Å². The standard InChI is InChI=1S/C8H12N4O3/c9-6-5(11-15-12-6)7(13)10-4-8(14)2-1-3-8/h14H,1-4H2,(H2,9,12)(H,10,13). The molecule has 0 unspecified atom stereocenters. The van der Waals surface area contributed by atoms with Gasteiger partial charge in [0.1, 0.15) is 0 Å². The summed E-state index contributed by atoms with van der Waals surface area (Å²) in [6.45, 7) is 0.206. The summed E-state index contributed by atoms with van der Waals surface area (Å²) in [5, 5.41) is 18.9. The van der Waals surface area contributed by atoms with Gasteiger partial charge in [0.2, 0.25) is 11.5 Å². The first-order valence-corrected chi connectivity index (χ1v) is 4.69. The number of anilines is 1. The Bertz CT molecular complexity index is 372. The predicted molar refractivity (Wildman–Crippen MR) is 49.8 cm³/mol. The molecule has 0 aliphatic heterocycles. The number of nitrogens with one attached hydrogen (secondary N) is 1. The fourth-order valence-corrected chi connectivity index (χ4v) is 1.44. The summed E-state index contributed by atoms with van der Waals surface area (Å²) in [4.78, 5) is 11.4. The van der Waals surface area contributed by atoms with E-state index < -0.39 is 11.5 Å². The molecule has 82 valence electrons. The van der Waals surface area contributed by atoms with Crippen LogP contribution in [0.3, 0.4) is 0 Å². The molecule has 15 heavy (non-hydrogen) atoms. The summed E-state index contributed by atoms with van der Waals surface area (Å²) in [6, 6.07) is 0. The molecule has 7 heteroatoms. The van der Waals surface area contributed by atoms with Gasteiger partial charge in [-0.15, -0.1) is 0 Å². The number of nitrogen functional groups attached to an aromatic ring is 1. The van der Waals surface area contributed by atoms with Gasteiger partial charge in [-0.25, -0.2) is 4.63 Å². The van der Waals surface area contributed by atoms with Crippen LogP contribution >= 0.6 is 0 Å². The lowest BCUT2D eigenvalue weighted by molar-refractivity contribution is -0.0301. The van der Waals surface area contributed by atoms with Crippen LogP contribution in [-0.2, 0) is 0 Å². The van der Waals surface area contributed by atoms with E-state index in [0.29, 0.717) is 12.8 Å². The first-order valence-electron chi connectivity index (χ1n) is 4.69. The van der Waals surface area contributed by atoms with E-state index in [1.807, 2.05) is 0 Å². The third kappa shape index (κ3) is 1.91. The molecule has 1 saturated carbocycles. The summed E-state index contributed by atoms with van der Waals surface area (Å²) < 4.78 is 4.29. The number of aromatic nitrogens is 2. The fourth-order valence-electron chi connectivity index (χ4n) is 1.44. The van der Waals surface area contributed by atoms with Gasteiger partial charge in [-0.3, -0.25) is 4.79 Å². The van der Waals surface area contributed by atoms with E-state index in [-0.39, 0.29) is 18.1 Å². The molecule has 2 rings (SSSR count). The topological polar surface area (TPSA) is 114 Å². The zero-order chi connectivity index (χ0) is 10.9. The van der Waals surface area contributed by atoms with Gasteiger partial charge in [-0.1, -0.05) is 0 Å². The van der Waals surface area contributed by atoms with Crippen molar-refractivity contribution in [1.82, 2.24) is 15.6 Å². The highest BCUT2D eigenvalue weighted by molar-refractivity contribution is 5.96. The molecule has 1 aromatic rings. The Hall–Kier alpha value is -1.63. The first-order chi connectivity index (χ1) is 7.11. The fraction of sp³-hybridized carbons (Fsp3) is 0.625. The Labute approximate surface area is 85.6 Å². The number of nitrogens with zero attached hydrogens (tertiary/aromatic N) is 2. The Kier molecular flexibility index (Phi) is 2.31. The predicted octanol–water partition coefficient (Wildman–Crippen LogP) is -0.703. The van der Waals surface area contributed by atoms with E-state index in [9.17, 15) is 9.90 Å². The second kappa shape index (κ2) is 3.50. The molecule has 0 bridgehead atoms. The summed E-state index contributed by atoms with van der Waals surface area (Å²) in [5.41, 5.74) is 4.53. The molecule has 0 spiro atoms. The maximum Gasteiger partial charge on any atom is 0.277 e. The smallest absolute Gasteiger partial charge is 0.277 e. The number of hydrogen-bond donors (Lipinski definition) is 3. The minimum Gasteiger partial charge on any atom is -0.388 e. The average Bonchev–Trinajstić information content (AvgIpc) is 2.58. The molecular formula is C8H12N4O3. The molecule has 4 N–H and O–H groups in total. The average molecular weight is 212 g/mol. The van der Waals surface area contributed by atoms with Gasteiger partial charge in [0, 0.05) is 6.54 Å². The minimum absolute atomic E-state index is 0.0436. The van der Waals surface area contributed by atoms with Gasteiger partial charge in [-0.05, 0) is 29.6 Å². The van der Waals surface area contributed by atoms with Crippen molar-refractivity contribution in [3.63, 3.8) is 0 Å². The largest absolute Gasteiger partial charge is 0.388 e. The van der Waals surface area contributed by atoms with Crippen LogP contribution in [0.2, 0.25) is 0 Å². The first kappa shape index (κ1) is 9.91. The Morgan fingerprint density at radius 1 is 1.60 bits per heavy atom. The van der Waals surface area contributed by atoms with Crippen LogP contribution in [0.15, 0.2) is 4.63 Å². The molecular weight excluding hydrogens is 200 g/mol. The quantitative estimate of drug-likeness (QED) is 0.610. The van der Waals surface area contributed by atoms with Gasteiger partial charge < -0.3 is 16.2 Å². The zero-order valence-electron chi connectivity index (χ0n) is 8.06. The molecule has 0 atom stereocenters. The van der Waals surface area contributed by atoms with Gasteiger partial charge in [0.05, 0.1) is 5.60 Å². The molecule has 1 amide bonds. The molecule has 1 aliphatic carbocycles. The van der Waals surface area contributed by atoms with Crippen molar-refractivity contribution in [2.24, 2.45) is 0 Å². The molecule has 0 saturated heterocycles. The highest BCUT2D eigenvalue weighted by Gasteiger charge is 2.35. The second-order valence-electron chi connectivity index (χ2n) is 3.76. The van der Waals surface area contributed by atoms with E-state index >= 15 is 0 Å². The normalized spacial score (nSPS) is 18.2. The van der Waals surface area contributed by atoms with E-state index in [1.165, 1.54) is 0 Å². The molecule has 7 nitrogen and oxygen atoms in total. The summed E-state index contributed by atoms with van der Waals surface area (Å²) in [5.74, 6) is -0.526. The number of hydrogen-bond acceptors (Lipinski definition) is 6. The second-order valence-corrected chi connectivity index (χ2v) is 3.76. The lowest BCUT2D eigenvalue weighted by Gasteiger charge is -2.36. The van der Waals surface area contributed by atoms with Crippen molar-refractivity contribution in [2.75, 3.05) is 12.3 Å². The summed E-state index contributed by atoms with van der Waals surface area (Å²) in [7, 11) is 0. The molecule has 1 heterocycles.